The molecule has 0 bridgehead atoms. The summed E-state index contributed by atoms with van der Waals surface area (Å²) in [5.41, 5.74) is 7.41. The van der Waals surface area contributed by atoms with Crippen molar-refractivity contribution in [1.29, 1.82) is 0 Å². The van der Waals surface area contributed by atoms with Gasteiger partial charge in [-0.1, -0.05) is 29.8 Å². The number of halogens is 1. The van der Waals surface area contributed by atoms with E-state index in [2.05, 4.69) is 10.3 Å². The molecule has 6 heteroatoms. The third-order valence-electron chi connectivity index (χ3n) is 3.23. The first kappa shape index (κ1) is 18.9. The second-order valence-corrected chi connectivity index (χ2v) is 6.91. The monoisotopic (exact) mass is 361 g/mol. The van der Waals surface area contributed by atoms with E-state index in [9.17, 15) is 0 Å². The highest BCUT2D eigenvalue weighted by Crippen LogP contribution is 2.27. The van der Waals surface area contributed by atoms with E-state index in [4.69, 9.17) is 26.8 Å². The predicted octanol–water partition coefficient (Wildman–Crippen LogP) is 4.45. The largest absolute Gasteiger partial charge is 0.495 e. The van der Waals surface area contributed by atoms with Crippen molar-refractivity contribution in [2.45, 2.75) is 32.9 Å². The molecule has 3 N–H and O–H groups in total. The number of benzene rings is 2. The lowest BCUT2D eigenvalue weighted by Crippen LogP contribution is -2.24. The summed E-state index contributed by atoms with van der Waals surface area (Å²) in [4.78, 5) is 4.38. The molecule has 0 fully saturated rings. The number of nitrogens with one attached hydrogen (secondary N) is 1. The van der Waals surface area contributed by atoms with Crippen molar-refractivity contribution >= 4 is 23.2 Å². The molecule has 0 saturated carbocycles. The van der Waals surface area contributed by atoms with Crippen LogP contribution in [-0.2, 0) is 6.54 Å². The van der Waals surface area contributed by atoms with Crippen molar-refractivity contribution in [3.63, 3.8) is 0 Å². The summed E-state index contributed by atoms with van der Waals surface area (Å²) in [7, 11) is 1.57. The Labute approximate surface area is 153 Å². The lowest BCUT2D eigenvalue weighted by atomic mass is 10.1. The van der Waals surface area contributed by atoms with Crippen molar-refractivity contribution in [2.75, 3.05) is 12.4 Å². The minimum Gasteiger partial charge on any atom is -0.495 e. The average Bonchev–Trinajstić information content (AvgIpc) is 2.53. The van der Waals surface area contributed by atoms with Gasteiger partial charge in [0.2, 0.25) is 0 Å². The molecule has 0 aliphatic rings. The third kappa shape index (κ3) is 5.87. The Bertz CT molecular complexity index is 755. The van der Waals surface area contributed by atoms with Crippen molar-refractivity contribution in [3.8, 4) is 11.5 Å². The zero-order chi connectivity index (χ0) is 18.4. The van der Waals surface area contributed by atoms with Gasteiger partial charge in [-0.15, -0.1) is 0 Å². The fourth-order valence-electron chi connectivity index (χ4n) is 2.17. The molecule has 0 aliphatic heterocycles. The second kappa shape index (κ2) is 8.12. The number of nitrogens with two attached hydrogens (primary N) is 1. The molecule has 0 amide bonds. The molecule has 2 aromatic carbocycles. The highest BCUT2D eigenvalue weighted by molar-refractivity contribution is 6.32. The molecule has 2 rings (SSSR count). The minimum atomic E-state index is -0.274. The Hall–Kier alpha value is -2.40. The Morgan fingerprint density at radius 2 is 1.88 bits per heavy atom. The Balaban J connectivity index is 2.08. The van der Waals surface area contributed by atoms with Gasteiger partial charge in [-0.2, -0.15) is 0 Å². The first-order chi connectivity index (χ1) is 11.8. The standard InChI is InChI=1S/C19H24ClN3O2/c1-19(2,3)25-16-8-6-5-7-13(16)12-22-18(21)23-14-9-10-17(24-4)15(20)11-14/h5-11H,12H2,1-4H3,(H3,21,22,23). The van der Waals surface area contributed by atoms with Gasteiger partial charge in [-0.3, -0.25) is 0 Å². The van der Waals surface area contributed by atoms with E-state index in [1.165, 1.54) is 0 Å². The maximum atomic E-state index is 6.11. The molecule has 0 atom stereocenters. The van der Waals surface area contributed by atoms with Crippen molar-refractivity contribution in [1.82, 2.24) is 0 Å². The van der Waals surface area contributed by atoms with Gasteiger partial charge in [0.25, 0.3) is 0 Å². The van der Waals surface area contributed by atoms with Crippen LogP contribution < -0.4 is 20.5 Å². The molecule has 0 spiro atoms. The fraction of sp³-hybridized carbons (Fsp3) is 0.316. The van der Waals surface area contributed by atoms with Crippen LogP contribution in [0.25, 0.3) is 0 Å². The third-order valence-corrected chi connectivity index (χ3v) is 3.53. The summed E-state index contributed by atoms with van der Waals surface area (Å²) >= 11 is 6.11. The van der Waals surface area contributed by atoms with Crippen LogP contribution in [0.3, 0.4) is 0 Å². The van der Waals surface area contributed by atoms with Gasteiger partial charge in [-0.25, -0.2) is 4.99 Å². The molecule has 0 unspecified atom stereocenters. The van der Waals surface area contributed by atoms with Gasteiger partial charge in [0, 0.05) is 11.3 Å². The van der Waals surface area contributed by atoms with Crippen LogP contribution in [0, 0.1) is 0 Å². The normalized spacial score (nSPS) is 12.0. The molecular weight excluding hydrogens is 338 g/mol. The summed E-state index contributed by atoms with van der Waals surface area (Å²) in [6.07, 6.45) is 0. The number of anilines is 1. The van der Waals surface area contributed by atoms with Crippen molar-refractivity contribution in [2.24, 2.45) is 10.7 Å². The van der Waals surface area contributed by atoms with Gasteiger partial charge in [0.1, 0.15) is 17.1 Å². The Kier molecular flexibility index (Phi) is 6.15. The lowest BCUT2D eigenvalue weighted by molar-refractivity contribution is 0.129. The maximum absolute atomic E-state index is 6.11. The highest BCUT2D eigenvalue weighted by Gasteiger charge is 2.14. The minimum absolute atomic E-state index is 0.274. The van der Waals surface area contributed by atoms with E-state index < -0.39 is 0 Å². The van der Waals surface area contributed by atoms with Gasteiger partial charge in [0.05, 0.1) is 18.7 Å². The van der Waals surface area contributed by atoms with Crippen LogP contribution in [0.1, 0.15) is 26.3 Å². The Morgan fingerprint density at radius 1 is 1.16 bits per heavy atom. The number of guanidine groups is 1. The number of nitrogens with zero attached hydrogens (tertiary/aromatic N) is 1. The number of aliphatic imine (C=N–C) groups is 1. The molecule has 0 aromatic heterocycles. The smallest absolute Gasteiger partial charge is 0.193 e. The zero-order valence-electron chi connectivity index (χ0n) is 15.0. The summed E-state index contributed by atoms with van der Waals surface area (Å²) < 4.78 is 11.1. The number of methoxy groups -OCH3 is 1. The van der Waals surface area contributed by atoms with E-state index in [0.29, 0.717) is 23.3 Å². The number of hydrogen-bond donors (Lipinski definition) is 2. The number of hydrogen-bond acceptors (Lipinski definition) is 3. The first-order valence-electron chi connectivity index (χ1n) is 7.96. The second-order valence-electron chi connectivity index (χ2n) is 6.50. The van der Waals surface area contributed by atoms with Gasteiger partial charge >= 0.3 is 0 Å². The molecular formula is C19H24ClN3O2. The molecule has 0 saturated heterocycles. The molecule has 25 heavy (non-hydrogen) atoms. The van der Waals surface area contributed by atoms with E-state index in [0.717, 1.165) is 17.0 Å². The summed E-state index contributed by atoms with van der Waals surface area (Å²) in [5, 5.41) is 3.52. The summed E-state index contributed by atoms with van der Waals surface area (Å²) in [5.74, 6) is 1.71. The summed E-state index contributed by atoms with van der Waals surface area (Å²) in [6, 6.07) is 13.1. The molecule has 2 aromatic rings. The molecule has 0 aliphatic carbocycles. The number of rotatable bonds is 5. The first-order valence-corrected chi connectivity index (χ1v) is 8.34. The van der Waals surface area contributed by atoms with Crippen molar-refractivity contribution in [3.05, 3.63) is 53.1 Å². The molecule has 134 valence electrons. The Morgan fingerprint density at radius 3 is 2.52 bits per heavy atom. The lowest BCUT2D eigenvalue weighted by Gasteiger charge is -2.23. The van der Waals surface area contributed by atoms with Gasteiger partial charge in [-0.05, 0) is 45.0 Å². The van der Waals surface area contributed by atoms with Gasteiger partial charge < -0.3 is 20.5 Å². The van der Waals surface area contributed by atoms with Crippen LogP contribution in [0.15, 0.2) is 47.5 Å². The number of para-hydroxylation sites is 1. The molecule has 5 nitrogen and oxygen atoms in total. The topological polar surface area (TPSA) is 68.9 Å². The quantitative estimate of drug-likeness (QED) is 0.609. The van der Waals surface area contributed by atoms with E-state index in [1.807, 2.05) is 51.1 Å². The van der Waals surface area contributed by atoms with Gasteiger partial charge in [0.15, 0.2) is 5.96 Å². The van der Waals surface area contributed by atoms with Crippen LogP contribution >= 0.6 is 11.6 Å². The van der Waals surface area contributed by atoms with E-state index >= 15 is 0 Å². The number of ether oxygens (including phenoxy) is 2. The predicted molar refractivity (Wildman–Crippen MR) is 104 cm³/mol. The summed E-state index contributed by atoms with van der Waals surface area (Å²) in [6.45, 7) is 6.44. The van der Waals surface area contributed by atoms with E-state index in [-0.39, 0.29) is 5.60 Å². The van der Waals surface area contributed by atoms with Crippen LogP contribution in [-0.4, -0.2) is 18.7 Å². The molecule has 0 heterocycles. The van der Waals surface area contributed by atoms with E-state index in [1.54, 1.807) is 19.2 Å². The van der Waals surface area contributed by atoms with Crippen LogP contribution in [0.4, 0.5) is 5.69 Å². The van der Waals surface area contributed by atoms with Crippen molar-refractivity contribution < 1.29 is 9.47 Å². The average molecular weight is 362 g/mol. The SMILES string of the molecule is COc1ccc(NC(N)=NCc2ccccc2OC(C)(C)C)cc1Cl. The van der Waals surface area contributed by atoms with Crippen LogP contribution in [0.2, 0.25) is 5.02 Å². The fourth-order valence-corrected chi connectivity index (χ4v) is 2.42. The zero-order valence-corrected chi connectivity index (χ0v) is 15.7. The maximum Gasteiger partial charge on any atom is 0.193 e. The van der Waals surface area contributed by atoms with Crippen LogP contribution in [0.5, 0.6) is 11.5 Å². The molecule has 0 radical (unpaired) electrons. The highest BCUT2D eigenvalue weighted by atomic mass is 35.5.